The molecular formula is C17H25N3O. The van der Waals surface area contributed by atoms with Gasteiger partial charge in [0.25, 0.3) is 0 Å². The third kappa shape index (κ3) is 2.97. The Morgan fingerprint density at radius 1 is 1.24 bits per heavy atom. The number of carbonyl (C=O) groups excluding carboxylic acids is 1. The lowest BCUT2D eigenvalue weighted by Gasteiger charge is -2.26. The molecule has 21 heavy (non-hydrogen) atoms. The zero-order valence-corrected chi connectivity index (χ0v) is 13.0. The SMILES string of the molecule is CCNC(=O)CN1C[C@@H]2CN(C)[C@@H](c3ccccc3)[C@@H]2C1. The summed E-state index contributed by atoms with van der Waals surface area (Å²) in [6.07, 6.45) is 0. The molecule has 4 nitrogen and oxygen atoms in total. The molecule has 3 atom stereocenters. The van der Waals surface area contributed by atoms with Crippen molar-refractivity contribution in [2.45, 2.75) is 13.0 Å². The highest BCUT2D eigenvalue weighted by Gasteiger charge is 2.46. The first-order valence-electron chi connectivity index (χ1n) is 7.93. The van der Waals surface area contributed by atoms with Gasteiger partial charge in [0.1, 0.15) is 0 Å². The second kappa shape index (κ2) is 6.16. The van der Waals surface area contributed by atoms with Crippen molar-refractivity contribution < 1.29 is 4.79 Å². The van der Waals surface area contributed by atoms with Crippen LogP contribution in [-0.2, 0) is 4.79 Å². The number of nitrogens with zero attached hydrogens (tertiary/aromatic N) is 2. The third-order valence-corrected chi connectivity index (χ3v) is 4.85. The molecule has 1 aromatic rings. The number of likely N-dealkylation sites (N-methyl/N-ethyl adjacent to an activating group) is 1. The number of benzene rings is 1. The van der Waals surface area contributed by atoms with Crippen LogP contribution in [0.4, 0.5) is 0 Å². The highest BCUT2D eigenvalue weighted by atomic mass is 16.2. The molecule has 1 N–H and O–H groups in total. The van der Waals surface area contributed by atoms with Crippen LogP contribution in [0.5, 0.6) is 0 Å². The fraction of sp³-hybridized carbons (Fsp3) is 0.588. The highest BCUT2D eigenvalue weighted by molar-refractivity contribution is 5.77. The van der Waals surface area contributed by atoms with Gasteiger partial charge in [-0.2, -0.15) is 0 Å². The van der Waals surface area contributed by atoms with Crippen LogP contribution < -0.4 is 5.32 Å². The van der Waals surface area contributed by atoms with Crippen LogP contribution in [0, 0.1) is 11.8 Å². The molecular weight excluding hydrogens is 262 g/mol. The average molecular weight is 287 g/mol. The molecule has 0 saturated carbocycles. The molecule has 114 valence electrons. The van der Waals surface area contributed by atoms with Gasteiger partial charge in [-0.1, -0.05) is 30.3 Å². The van der Waals surface area contributed by atoms with Crippen molar-refractivity contribution in [2.24, 2.45) is 11.8 Å². The minimum atomic E-state index is 0.155. The summed E-state index contributed by atoms with van der Waals surface area (Å²) >= 11 is 0. The minimum absolute atomic E-state index is 0.155. The summed E-state index contributed by atoms with van der Waals surface area (Å²) in [7, 11) is 2.23. The van der Waals surface area contributed by atoms with E-state index in [0.717, 1.165) is 26.2 Å². The Bertz CT molecular complexity index is 490. The topological polar surface area (TPSA) is 35.6 Å². The summed E-state index contributed by atoms with van der Waals surface area (Å²) in [5.74, 6) is 1.49. The van der Waals surface area contributed by atoms with E-state index in [9.17, 15) is 4.79 Å². The van der Waals surface area contributed by atoms with Gasteiger partial charge >= 0.3 is 0 Å². The molecule has 0 unspecified atom stereocenters. The second-order valence-corrected chi connectivity index (χ2v) is 6.37. The predicted octanol–water partition coefficient (Wildman–Crippen LogP) is 1.36. The average Bonchev–Trinajstić information content (AvgIpc) is 2.95. The smallest absolute Gasteiger partial charge is 0.234 e. The first-order valence-corrected chi connectivity index (χ1v) is 7.93. The van der Waals surface area contributed by atoms with Crippen LogP contribution in [0.25, 0.3) is 0 Å². The fourth-order valence-electron chi connectivity index (χ4n) is 4.09. The largest absolute Gasteiger partial charge is 0.355 e. The standard InChI is InChI=1S/C17H25N3O/c1-3-18-16(21)12-20-10-14-9-19(2)17(15(14)11-20)13-7-5-4-6-8-13/h4-8,14-15,17H,3,9-12H2,1-2H3,(H,18,21)/t14-,15+,17-/m0/s1. The third-order valence-electron chi connectivity index (χ3n) is 4.85. The monoisotopic (exact) mass is 287 g/mol. The zero-order chi connectivity index (χ0) is 14.8. The van der Waals surface area contributed by atoms with Crippen molar-refractivity contribution in [2.75, 3.05) is 39.8 Å². The molecule has 0 aliphatic carbocycles. The number of fused-ring (bicyclic) bond motifs is 1. The molecule has 0 aromatic heterocycles. The molecule has 2 fully saturated rings. The van der Waals surface area contributed by atoms with Crippen molar-refractivity contribution in [3.63, 3.8) is 0 Å². The van der Waals surface area contributed by atoms with Gasteiger partial charge in [0.2, 0.25) is 5.91 Å². The Morgan fingerprint density at radius 2 is 2.00 bits per heavy atom. The normalized spacial score (nSPS) is 29.5. The minimum Gasteiger partial charge on any atom is -0.355 e. The molecule has 1 aromatic carbocycles. The molecule has 0 spiro atoms. The molecule has 1 amide bonds. The summed E-state index contributed by atoms with van der Waals surface area (Å²) in [5, 5.41) is 2.90. The molecule has 0 bridgehead atoms. The molecule has 2 aliphatic heterocycles. The van der Waals surface area contributed by atoms with Crippen molar-refractivity contribution in [3.05, 3.63) is 35.9 Å². The van der Waals surface area contributed by atoms with E-state index in [1.54, 1.807) is 0 Å². The van der Waals surface area contributed by atoms with E-state index in [1.165, 1.54) is 5.56 Å². The highest BCUT2D eigenvalue weighted by Crippen LogP contribution is 2.43. The maximum absolute atomic E-state index is 11.8. The van der Waals surface area contributed by atoms with E-state index < -0.39 is 0 Å². The number of hydrogen-bond donors (Lipinski definition) is 1. The van der Waals surface area contributed by atoms with E-state index in [4.69, 9.17) is 0 Å². The summed E-state index contributed by atoms with van der Waals surface area (Å²) in [5.41, 5.74) is 1.41. The van der Waals surface area contributed by atoms with Gasteiger partial charge in [0, 0.05) is 32.2 Å². The molecule has 0 radical (unpaired) electrons. The summed E-state index contributed by atoms with van der Waals surface area (Å²) in [4.78, 5) is 16.6. The number of nitrogens with one attached hydrogen (secondary N) is 1. The van der Waals surface area contributed by atoms with Crippen LogP contribution in [-0.4, -0.2) is 55.5 Å². The van der Waals surface area contributed by atoms with Gasteiger partial charge in [0.05, 0.1) is 6.54 Å². The predicted molar refractivity (Wildman–Crippen MR) is 83.9 cm³/mol. The second-order valence-electron chi connectivity index (χ2n) is 6.37. The van der Waals surface area contributed by atoms with Crippen molar-refractivity contribution >= 4 is 5.91 Å². The molecule has 4 heteroatoms. The fourth-order valence-corrected chi connectivity index (χ4v) is 4.09. The van der Waals surface area contributed by atoms with Gasteiger partial charge in [-0.15, -0.1) is 0 Å². The maximum Gasteiger partial charge on any atom is 0.234 e. The number of rotatable bonds is 4. The van der Waals surface area contributed by atoms with Gasteiger partial charge in [-0.25, -0.2) is 0 Å². The number of amides is 1. The molecule has 2 heterocycles. The Morgan fingerprint density at radius 3 is 2.71 bits per heavy atom. The van der Waals surface area contributed by atoms with Gasteiger partial charge in [0.15, 0.2) is 0 Å². The quantitative estimate of drug-likeness (QED) is 0.908. The van der Waals surface area contributed by atoms with Crippen LogP contribution in [0.15, 0.2) is 30.3 Å². The molecule has 2 saturated heterocycles. The first kappa shape index (κ1) is 14.5. The lowest BCUT2D eigenvalue weighted by Crippen LogP contribution is -2.37. The number of hydrogen-bond acceptors (Lipinski definition) is 3. The molecule has 3 rings (SSSR count). The Hall–Kier alpha value is -1.39. The van der Waals surface area contributed by atoms with E-state index >= 15 is 0 Å². The summed E-state index contributed by atoms with van der Waals surface area (Å²) in [6, 6.07) is 11.3. The van der Waals surface area contributed by atoms with E-state index in [0.29, 0.717) is 24.4 Å². The Kier molecular flexibility index (Phi) is 4.27. The van der Waals surface area contributed by atoms with Gasteiger partial charge in [-0.3, -0.25) is 14.6 Å². The summed E-state index contributed by atoms with van der Waals surface area (Å²) in [6.45, 7) is 6.45. The van der Waals surface area contributed by atoms with Crippen LogP contribution in [0.3, 0.4) is 0 Å². The van der Waals surface area contributed by atoms with Gasteiger partial charge in [-0.05, 0) is 31.4 Å². The lowest BCUT2D eigenvalue weighted by atomic mass is 9.90. The van der Waals surface area contributed by atoms with Crippen molar-refractivity contribution in [1.82, 2.24) is 15.1 Å². The van der Waals surface area contributed by atoms with E-state index in [-0.39, 0.29) is 5.91 Å². The van der Waals surface area contributed by atoms with E-state index in [2.05, 4.69) is 52.5 Å². The molecule has 2 aliphatic rings. The maximum atomic E-state index is 11.8. The van der Waals surface area contributed by atoms with E-state index in [1.807, 2.05) is 6.92 Å². The summed E-state index contributed by atoms with van der Waals surface area (Å²) < 4.78 is 0. The van der Waals surface area contributed by atoms with Crippen LogP contribution in [0.1, 0.15) is 18.5 Å². The Balaban J connectivity index is 1.68. The van der Waals surface area contributed by atoms with Crippen molar-refractivity contribution in [3.8, 4) is 0 Å². The zero-order valence-electron chi connectivity index (χ0n) is 13.0. The van der Waals surface area contributed by atoms with Gasteiger partial charge < -0.3 is 5.32 Å². The Labute approximate surface area is 127 Å². The van der Waals surface area contributed by atoms with Crippen LogP contribution in [0.2, 0.25) is 0 Å². The van der Waals surface area contributed by atoms with Crippen LogP contribution >= 0.6 is 0 Å². The number of carbonyl (C=O) groups is 1. The van der Waals surface area contributed by atoms with Crippen molar-refractivity contribution in [1.29, 1.82) is 0 Å². The lowest BCUT2D eigenvalue weighted by molar-refractivity contribution is -0.122. The first-order chi connectivity index (χ1) is 10.2. The number of likely N-dealkylation sites (tertiary alicyclic amines) is 2.